The molecule has 9 heteroatoms. The molecule has 27 heavy (non-hydrogen) atoms. The Morgan fingerprint density at radius 1 is 1.30 bits per heavy atom. The predicted octanol–water partition coefficient (Wildman–Crippen LogP) is 2.09. The van der Waals surface area contributed by atoms with E-state index >= 15 is 0 Å². The predicted molar refractivity (Wildman–Crippen MR) is 88.3 cm³/mol. The van der Waals surface area contributed by atoms with Gasteiger partial charge in [0.25, 0.3) is 5.91 Å². The third-order valence-corrected chi connectivity index (χ3v) is 5.32. The van der Waals surface area contributed by atoms with Crippen LogP contribution in [0.25, 0.3) is 0 Å². The Morgan fingerprint density at radius 2 is 1.96 bits per heavy atom. The molecular formula is C18H23F3N2O4. The summed E-state index contributed by atoms with van der Waals surface area (Å²) in [4.78, 5) is 38.4. The van der Waals surface area contributed by atoms with Crippen LogP contribution in [-0.2, 0) is 19.1 Å². The van der Waals surface area contributed by atoms with Crippen LogP contribution in [-0.4, -0.2) is 53.5 Å². The van der Waals surface area contributed by atoms with Gasteiger partial charge in [0.1, 0.15) is 0 Å². The summed E-state index contributed by atoms with van der Waals surface area (Å²) in [7, 11) is 0. The number of ether oxygens (including phenoxy) is 1. The molecule has 0 aromatic rings. The molecule has 1 N–H and O–H groups in total. The number of nitrogens with zero attached hydrogens (tertiary/aromatic N) is 1. The van der Waals surface area contributed by atoms with Gasteiger partial charge in [-0.2, -0.15) is 13.2 Å². The topological polar surface area (TPSA) is 75.7 Å². The molecule has 0 radical (unpaired) electrons. The van der Waals surface area contributed by atoms with Crippen molar-refractivity contribution < 1.29 is 32.3 Å². The maximum atomic E-state index is 14.2. The van der Waals surface area contributed by atoms with E-state index in [1.54, 1.807) is 19.2 Å². The van der Waals surface area contributed by atoms with Crippen LogP contribution < -0.4 is 5.32 Å². The minimum absolute atomic E-state index is 0.0571. The fourth-order valence-corrected chi connectivity index (χ4v) is 4.27. The molecule has 0 bridgehead atoms. The van der Waals surface area contributed by atoms with E-state index in [1.165, 1.54) is 0 Å². The van der Waals surface area contributed by atoms with Crippen molar-refractivity contribution in [3.8, 4) is 0 Å². The molecule has 0 saturated carbocycles. The second kappa shape index (κ2) is 6.32. The molecular weight excluding hydrogens is 365 g/mol. The van der Waals surface area contributed by atoms with E-state index in [4.69, 9.17) is 4.74 Å². The molecule has 2 heterocycles. The maximum Gasteiger partial charge on any atom is 0.425 e. The first-order valence-corrected chi connectivity index (χ1v) is 8.95. The molecule has 1 fully saturated rings. The number of allylic oxidation sites excluding steroid dienone is 1. The van der Waals surface area contributed by atoms with Crippen LogP contribution in [0.4, 0.5) is 13.2 Å². The Bertz CT molecular complexity index is 723. The molecule has 3 rings (SSSR count). The van der Waals surface area contributed by atoms with Gasteiger partial charge in [0.05, 0.1) is 18.2 Å². The van der Waals surface area contributed by atoms with E-state index < -0.39 is 40.3 Å². The fraction of sp³-hybridized carbons (Fsp3) is 0.722. The van der Waals surface area contributed by atoms with Gasteiger partial charge in [-0.15, -0.1) is 0 Å². The Morgan fingerprint density at radius 3 is 2.48 bits per heavy atom. The van der Waals surface area contributed by atoms with Gasteiger partial charge in [0, 0.05) is 25.6 Å². The molecule has 150 valence electrons. The zero-order valence-corrected chi connectivity index (χ0v) is 15.5. The van der Waals surface area contributed by atoms with Crippen LogP contribution in [0.1, 0.15) is 46.5 Å². The lowest BCUT2D eigenvalue weighted by Crippen LogP contribution is -2.66. The first kappa shape index (κ1) is 19.9. The van der Waals surface area contributed by atoms with Gasteiger partial charge >= 0.3 is 6.18 Å². The number of rotatable bonds is 3. The van der Waals surface area contributed by atoms with Crippen LogP contribution in [0, 0.1) is 5.41 Å². The van der Waals surface area contributed by atoms with Crippen molar-refractivity contribution in [2.75, 3.05) is 13.2 Å². The SMILES string of the molecule is CC(=O)N[C@@]1(C(F)(F)F)C(=O)N(C[C@@H]2CCCO2)C2=C1C(=O)CC(C)(C)C2. The number of hydrogen-bond acceptors (Lipinski definition) is 4. The monoisotopic (exact) mass is 388 g/mol. The second-order valence-corrected chi connectivity index (χ2v) is 8.24. The molecule has 6 nitrogen and oxygen atoms in total. The summed E-state index contributed by atoms with van der Waals surface area (Å²) in [6, 6.07) is 0. The summed E-state index contributed by atoms with van der Waals surface area (Å²) in [6.07, 6.45) is -4.11. The number of amides is 2. The number of halogens is 3. The first-order valence-electron chi connectivity index (χ1n) is 8.95. The van der Waals surface area contributed by atoms with E-state index in [9.17, 15) is 27.6 Å². The normalized spacial score (nSPS) is 30.7. The standard InChI is InChI=1S/C18H23F3N2O4/c1-10(24)22-17(18(19,20)21)14-12(7-16(2,3)8-13(14)25)23(15(17)26)9-11-5-4-6-27-11/h11H,4-9H2,1-3H3,(H,22,24)/t11-,17+/m0/s1. The van der Waals surface area contributed by atoms with Crippen molar-refractivity contribution in [2.45, 2.75) is 64.3 Å². The molecule has 2 aliphatic heterocycles. The van der Waals surface area contributed by atoms with Crippen LogP contribution >= 0.6 is 0 Å². The number of carbonyl (C=O) groups excluding carboxylic acids is 3. The molecule has 2 amide bonds. The smallest absolute Gasteiger partial charge is 0.376 e. The average Bonchev–Trinajstić information content (AvgIpc) is 3.06. The number of carbonyl (C=O) groups is 3. The minimum atomic E-state index is -5.14. The van der Waals surface area contributed by atoms with Gasteiger partial charge in [-0.3, -0.25) is 14.4 Å². The molecule has 1 saturated heterocycles. The van der Waals surface area contributed by atoms with E-state index in [1.807, 2.05) is 0 Å². The fourth-order valence-electron chi connectivity index (χ4n) is 4.27. The second-order valence-electron chi connectivity index (χ2n) is 8.24. The largest absolute Gasteiger partial charge is 0.425 e. The first-order chi connectivity index (χ1) is 12.4. The average molecular weight is 388 g/mol. The molecule has 1 aliphatic carbocycles. The van der Waals surface area contributed by atoms with E-state index in [0.29, 0.717) is 13.0 Å². The van der Waals surface area contributed by atoms with Crippen LogP contribution in [0.5, 0.6) is 0 Å². The van der Waals surface area contributed by atoms with Gasteiger partial charge < -0.3 is 15.0 Å². The highest BCUT2D eigenvalue weighted by atomic mass is 19.4. The highest BCUT2D eigenvalue weighted by Gasteiger charge is 2.71. The Labute approximate surface area is 155 Å². The number of Topliss-reactive ketones (excluding diaryl/α,β-unsaturated/α-hetero) is 1. The Kier molecular flexibility index (Phi) is 4.65. The van der Waals surface area contributed by atoms with Crippen LogP contribution in [0.15, 0.2) is 11.3 Å². The number of ketones is 1. The number of nitrogens with one attached hydrogen (secondary N) is 1. The summed E-state index contributed by atoms with van der Waals surface area (Å²) in [5.41, 5.74) is -4.47. The zero-order chi connectivity index (χ0) is 20.2. The van der Waals surface area contributed by atoms with Crippen LogP contribution in [0.2, 0.25) is 0 Å². The van der Waals surface area contributed by atoms with Crippen molar-refractivity contribution >= 4 is 17.6 Å². The summed E-state index contributed by atoms with van der Waals surface area (Å²) in [5.74, 6) is -3.10. The summed E-state index contributed by atoms with van der Waals surface area (Å²) in [6.45, 7) is 4.88. The maximum absolute atomic E-state index is 14.2. The third-order valence-electron chi connectivity index (χ3n) is 5.32. The van der Waals surface area contributed by atoms with Gasteiger partial charge in [-0.1, -0.05) is 13.8 Å². The molecule has 3 aliphatic rings. The number of alkyl halides is 3. The Balaban J connectivity index is 2.16. The van der Waals surface area contributed by atoms with Gasteiger partial charge in [0.15, 0.2) is 5.78 Å². The molecule has 0 unspecified atom stereocenters. The van der Waals surface area contributed by atoms with Crippen molar-refractivity contribution in [1.29, 1.82) is 0 Å². The third kappa shape index (κ3) is 3.15. The summed E-state index contributed by atoms with van der Waals surface area (Å²) in [5, 5.41) is 1.78. The minimum Gasteiger partial charge on any atom is -0.376 e. The lowest BCUT2D eigenvalue weighted by Gasteiger charge is -2.35. The quantitative estimate of drug-likeness (QED) is 0.803. The van der Waals surface area contributed by atoms with E-state index in [2.05, 4.69) is 0 Å². The van der Waals surface area contributed by atoms with Gasteiger partial charge in [0.2, 0.25) is 11.4 Å². The zero-order valence-electron chi connectivity index (χ0n) is 15.5. The lowest BCUT2D eigenvalue weighted by molar-refractivity contribution is -0.194. The van der Waals surface area contributed by atoms with E-state index in [-0.39, 0.29) is 31.2 Å². The van der Waals surface area contributed by atoms with E-state index in [0.717, 1.165) is 18.2 Å². The van der Waals surface area contributed by atoms with Gasteiger partial charge in [-0.25, -0.2) is 0 Å². The molecule has 0 spiro atoms. The van der Waals surface area contributed by atoms with Crippen molar-refractivity contribution in [2.24, 2.45) is 5.41 Å². The van der Waals surface area contributed by atoms with Crippen LogP contribution in [0.3, 0.4) is 0 Å². The van der Waals surface area contributed by atoms with Gasteiger partial charge in [-0.05, 0) is 24.7 Å². The highest BCUT2D eigenvalue weighted by molar-refractivity contribution is 6.13. The number of hydrogen-bond donors (Lipinski definition) is 1. The summed E-state index contributed by atoms with van der Waals surface area (Å²) < 4.78 is 48.0. The molecule has 2 atom stereocenters. The summed E-state index contributed by atoms with van der Waals surface area (Å²) >= 11 is 0. The molecule has 0 aromatic heterocycles. The molecule has 0 aromatic carbocycles. The Hall–Kier alpha value is -1.90. The van der Waals surface area contributed by atoms with Crippen molar-refractivity contribution in [3.05, 3.63) is 11.3 Å². The van der Waals surface area contributed by atoms with Crippen molar-refractivity contribution in [1.82, 2.24) is 10.2 Å². The van der Waals surface area contributed by atoms with Crippen molar-refractivity contribution in [3.63, 3.8) is 0 Å². The highest BCUT2D eigenvalue weighted by Crippen LogP contribution is 2.51. The lowest BCUT2D eigenvalue weighted by atomic mass is 9.72.